The zero-order valence-electron chi connectivity index (χ0n) is 16.1. The zero-order valence-corrected chi connectivity index (χ0v) is 17.6. The second-order valence-corrected chi connectivity index (χ2v) is 7.40. The van der Waals surface area contributed by atoms with Crippen molar-refractivity contribution in [3.8, 4) is 11.4 Å². The lowest BCUT2D eigenvalue weighted by molar-refractivity contribution is 0.108. The minimum atomic E-state index is -0.339. The third kappa shape index (κ3) is 4.14. The molecule has 1 heterocycles. The predicted octanol–water partition coefficient (Wildman–Crippen LogP) is 5.21. The summed E-state index contributed by atoms with van der Waals surface area (Å²) in [6.07, 6.45) is -0.312. The topological polar surface area (TPSA) is 43.2 Å². The van der Waals surface area contributed by atoms with Gasteiger partial charge in [0.25, 0.3) is 0 Å². The molecule has 1 atom stereocenters. The molecule has 0 radical (unpaired) electrons. The van der Waals surface area contributed by atoms with Gasteiger partial charge in [-0.25, -0.2) is 14.1 Å². The van der Waals surface area contributed by atoms with E-state index in [0.717, 1.165) is 5.56 Å². The van der Waals surface area contributed by atoms with Gasteiger partial charge < -0.3 is 9.64 Å². The summed E-state index contributed by atoms with van der Waals surface area (Å²) in [5, 5.41) is 5.66. The number of aromatic nitrogens is 3. The van der Waals surface area contributed by atoms with E-state index in [2.05, 4.69) is 10.1 Å². The van der Waals surface area contributed by atoms with Crippen molar-refractivity contribution < 1.29 is 9.13 Å². The molecule has 0 amide bonds. The van der Waals surface area contributed by atoms with Crippen LogP contribution in [0.3, 0.4) is 0 Å². The first kappa shape index (κ1) is 20.6. The summed E-state index contributed by atoms with van der Waals surface area (Å²) in [6, 6.07) is 10.3. The Kier molecular flexibility index (Phi) is 6.23. The molecule has 8 heteroatoms. The molecular formula is C20H21Cl2FN4O. The van der Waals surface area contributed by atoms with Gasteiger partial charge in [-0.15, -0.1) is 0 Å². The van der Waals surface area contributed by atoms with E-state index in [1.165, 1.54) is 6.07 Å². The first-order valence-corrected chi connectivity index (χ1v) is 9.45. The number of rotatable bonds is 6. The average molecular weight is 423 g/mol. The number of nitrogens with zero attached hydrogens (tertiary/aromatic N) is 4. The maximum atomic E-state index is 14.4. The van der Waals surface area contributed by atoms with Gasteiger partial charge in [-0.1, -0.05) is 29.3 Å². The van der Waals surface area contributed by atoms with Gasteiger partial charge in [0.05, 0.1) is 12.2 Å². The molecule has 0 aliphatic rings. The van der Waals surface area contributed by atoms with Gasteiger partial charge in [0.1, 0.15) is 11.9 Å². The van der Waals surface area contributed by atoms with Gasteiger partial charge in [-0.3, -0.25) is 0 Å². The van der Waals surface area contributed by atoms with Gasteiger partial charge in [0.2, 0.25) is 0 Å². The van der Waals surface area contributed by atoms with Crippen LogP contribution in [0.25, 0.3) is 11.4 Å². The fourth-order valence-corrected chi connectivity index (χ4v) is 3.36. The molecule has 0 spiro atoms. The van der Waals surface area contributed by atoms with Crippen molar-refractivity contribution in [2.75, 3.05) is 26.1 Å². The van der Waals surface area contributed by atoms with E-state index in [1.807, 2.05) is 6.92 Å². The summed E-state index contributed by atoms with van der Waals surface area (Å²) < 4.78 is 21.5. The molecule has 2 aromatic carbocycles. The lowest BCUT2D eigenvalue weighted by Crippen LogP contribution is -2.11. The van der Waals surface area contributed by atoms with E-state index in [-0.39, 0.29) is 11.9 Å². The first-order chi connectivity index (χ1) is 13.3. The molecule has 3 aromatic rings. The lowest BCUT2D eigenvalue weighted by Gasteiger charge is -2.13. The summed E-state index contributed by atoms with van der Waals surface area (Å²) >= 11 is 12.6. The molecule has 0 fully saturated rings. The highest BCUT2D eigenvalue weighted by molar-refractivity contribution is 6.35. The van der Waals surface area contributed by atoms with Gasteiger partial charge in [0.15, 0.2) is 11.6 Å². The number of hydrogen-bond donors (Lipinski definition) is 0. The van der Waals surface area contributed by atoms with Crippen LogP contribution in [0.1, 0.15) is 24.4 Å². The van der Waals surface area contributed by atoms with Gasteiger partial charge >= 0.3 is 0 Å². The Morgan fingerprint density at radius 1 is 1.18 bits per heavy atom. The third-order valence-electron chi connectivity index (χ3n) is 4.47. The lowest BCUT2D eigenvalue weighted by atomic mass is 10.2. The van der Waals surface area contributed by atoms with Crippen LogP contribution in [0.4, 0.5) is 10.1 Å². The minimum Gasteiger partial charge on any atom is -0.375 e. The molecule has 0 aliphatic heterocycles. The molecule has 0 saturated carbocycles. The normalized spacial score (nSPS) is 12.2. The Morgan fingerprint density at radius 2 is 1.86 bits per heavy atom. The van der Waals surface area contributed by atoms with Crippen LogP contribution >= 0.6 is 23.2 Å². The van der Waals surface area contributed by atoms with Crippen molar-refractivity contribution in [1.82, 2.24) is 14.8 Å². The number of benzene rings is 2. The molecule has 0 bridgehead atoms. The van der Waals surface area contributed by atoms with Crippen LogP contribution < -0.4 is 4.90 Å². The molecule has 1 aromatic heterocycles. The Bertz CT molecular complexity index is 970. The van der Waals surface area contributed by atoms with Crippen LogP contribution in [0.2, 0.25) is 10.0 Å². The van der Waals surface area contributed by atoms with Crippen LogP contribution in [0.15, 0.2) is 36.4 Å². The van der Waals surface area contributed by atoms with Crippen molar-refractivity contribution in [1.29, 1.82) is 0 Å². The van der Waals surface area contributed by atoms with Crippen molar-refractivity contribution in [3.05, 3.63) is 63.6 Å². The van der Waals surface area contributed by atoms with Crippen LogP contribution in [-0.4, -0.2) is 36.0 Å². The maximum Gasteiger partial charge on any atom is 0.181 e. The van der Waals surface area contributed by atoms with Crippen molar-refractivity contribution in [3.63, 3.8) is 0 Å². The number of halogens is 3. The highest BCUT2D eigenvalue weighted by Gasteiger charge is 2.20. The Balaban J connectivity index is 2.04. The monoisotopic (exact) mass is 422 g/mol. The van der Waals surface area contributed by atoms with Crippen LogP contribution in [0, 0.1) is 5.82 Å². The highest BCUT2D eigenvalue weighted by Crippen LogP contribution is 2.29. The largest absolute Gasteiger partial charge is 0.375 e. The van der Waals surface area contributed by atoms with Gasteiger partial charge in [-0.2, -0.15) is 5.10 Å². The SMILES string of the molecule is COC(C)c1nc(-c2ccc(N(C)C)c(F)c2)nn1Cc1c(Cl)cccc1Cl. The summed E-state index contributed by atoms with van der Waals surface area (Å²) in [6.45, 7) is 2.20. The van der Waals surface area contributed by atoms with Crippen molar-refractivity contribution in [2.24, 2.45) is 0 Å². The molecule has 5 nitrogen and oxygen atoms in total. The average Bonchev–Trinajstić information content (AvgIpc) is 3.07. The predicted molar refractivity (Wildman–Crippen MR) is 111 cm³/mol. The van der Waals surface area contributed by atoms with E-state index in [0.29, 0.717) is 39.5 Å². The standard InChI is InChI=1S/C20H21Cl2FN4O/c1-12(28-4)20-24-19(13-8-9-18(26(2)3)17(23)10-13)25-27(20)11-14-15(21)6-5-7-16(14)22/h5-10,12H,11H2,1-4H3. The third-order valence-corrected chi connectivity index (χ3v) is 5.18. The quantitative estimate of drug-likeness (QED) is 0.546. The Morgan fingerprint density at radius 3 is 2.43 bits per heavy atom. The summed E-state index contributed by atoms with van der Waals surface area (Å²) in [5.41, 5.74) is 1.81. The number of hydrogen-bond acceptors (Lipinski definition) is 4. The van der Waals surface area contributed by atoms with E-state index in [4.69, 9.17) is 27.9 Å². The Labute approximate surface area is 173 Å². The van der Waals surface area contributed by atoms with E-state index >= 15 is 0 Å². The van der Waals surface area contributed by atoms with E-state index in [9.17, 15) is 4.39 Å². The second kappa shape index (κ2) is 8.47. The molecule has 0 saturated heterocycles. The molecular weight excluding hydrogens is 402 g/mol. The molecule has 1 unspecified atom stereocenters. The smallest absolute Gasteiger partial charge is 0.181 e. The first-order valence-electron chi connectivity index (χ1n) is 8.69. The molecule has 148 valence electrons. The maximum absolute atomic E-state index is 14.4. The van der Waals surface area contributed by atoms with Crippen molar-refractivity contribution in [2.45, 2.75) is 19.6 Å². The Hall–Kier alpha value is -2.15. The van der Waals surface area contributed by atoms with E-state index in [1.54, 1.807) is 61.1 Å². The summed E-state index contributed by atoms with van der Waals surface area (Å²) in [5.74, 6) is 0.672. The summed E-state index contributed by atoms with van der Waals surface area (Å²) in [4.78, 5) is 6.29. The number of ether oxygens (including phenoxy) is 1. The number of anilines is 1. The number of methoxy groups -OCH3 is 1. The zero-order chi connectivity index (χ0) is 20.4. The minimum absolute atomic E-state index is 0.312. The van der Waals surface area contributed by atoms with Crippen molar-refractivity contribution >= 4 is 28.9 Å². The highest BCUT2D eigenvalue weighted by atomic mass is 35.5. The molecule has 28 heavy (non-hydrogen) atoms. The molecule has 3 rings (SSSR count). The van der Waals surface area contributed by atoms with E-state index < -0.39 is 0 Å². The van der Waals surface area contributed by atoms with Crippen LogP contribution in [0.5, 0.6) is 0 Å². The molecule has 0 N–H and O–H groups in total. The summed E-state index contributed by atoms with van der Waals surface area (Å²) in [7, 11) is 5.17. The van der Waals surface area contributed by atoms with Gasteiger partial charge in [-0.05, 0) is 37.3 Å². The fraction of sp³-hybridized carbons (Fsp3) is 0.300. The molecule has 0 aliphatic carbocycles. The van der Waals surface area contributed by atoms with Gasteiger partial charge in [0, 0.05) is 42.4 Å². The van der Waals surface area contributed by atoms with Crippen LogP contribution in [-0.2, 0) is 11.3 Å². The fourth-order valence-electron chi connectivity index (χ4n) is 2.84. The second-order valence-electron chi connectivity index (χ2n) is 6.59.